The van der Waals surface area contributed by atoms with E-state index in [4.69, 9.17) is 0 Å². The molecule has 0 radical (unpaired) electrons. The topological polar surface area (TPSA) is 55.8 Å². The normalized spacial score (nSPS) is 25.5. The Morgan fingerprint density at radius 3 is 2.68 bits per heavy atom. The van der Waals surface area contributed by atoms with Crippen LogP contribution in [0.2, 0.25) is 0 Å². The highest BCUT2D eigenvalue weighted by Gasteiger charge is 2.34. The molecular formula is C14H29N3O2. The van der Waals surface area contributed by atoms with Gasteiger partial charge in [0.1, 0.15) is 5.54 Å². The Balaban J connectivity index is 2.52. The third kappa shape index (κ3) is 4.16. The lowest BCUT2D eigenvalue weighted by Gasteiger charge is -2.34. The number of rotatable bonds is 7. The first kappa shape index (κ1) is 16.4. The molecule has 1 heterocycles. The monoisotopic (exact) mass is 271 g/mol. The van der Waals surface area contributed by atoms with Crippen molar-refractivity contribution >= 4 is 5.97 Å². The molecule has 0 spiro atoms. The molecule has 1 fully saturated rings. The molecule has 2 N–H and O–H groups in total. The Morgan fingerprint density at radius 2 is 2.26 bits per heavy atom. The fraction of sp³-hybridized carbons (Fsp3) is 0.929. The van der Waals surface area contributed by atoms with Crippen LogP contribution in [0, 0.1) is 0 Å². The van der Waals surface area contributed by atoms with Crippen molar-refractivity contribution in [1.82, 2.24) is 15.1 Å². The quantitative estimate of drug-likeness (QED) is 0.719. The van der Waals surface area contributed by atoms with E-state index < -0.39 is 11.5 Å². The molecule has 3 atom stereocenters. The molecule has 0 bridgehead atoms. The first-order chi connectivity index (χ1) is 8.80. The van der Waals surface area contributed by atoms with Gasteiger partial charge in [0.25, 0.3) is 0 Å². The summed E-state index contributed by atoms with van der Waals surface area (Å²) in [7, 11) is 5.98. The number of likely N-dealkylation sites (N-methyl/N-ethyl adjacent to an activating group) is 3. The Hall–Kier alpha value is -0.650. The Morgan fingerprint density at radius 1 is 1.63 bits per heavy atom. The van der Waals surface area contributed by atoms with Crippen LogP contribution in [0.1, 0.15) is 33.1 Å². The first-order valence-electron chi connectivity index (χ1n) is 7.13. The fourth-order valence-electron chi connectivity index (χ4n) is 2.77. The molecule has 0 aliphatic carbocycles. The maximum absolute atomic E-state index is 11.3. The molecule has 1 aliphatic heterocycles. The van der Waals surface area contributed by atoms with Crippen LogP contribution in [-0.2, 0) is 4.79 Å². The third-order valence-electron chi connectivity index (χ3n) is 4.65. The van der Waals surface area contributed by atoms with Crippen LogP contribution in [0.3, 0.4) is 0 Å². The van der Waals surface area contributed by atoms with Crippen molar-refractivity contribution in [3.63, 3.8) is 0 Å². The van der Waals surface area contributed by atoms with Crippen molar-refractivity contribution in [3.05, 3.63) is 0 Å². The second kappa shape index (κ2) is 6.68. The molecule has 112 valence electrons. The van der Waals surface area contributed by atoms with E-state index in [0.29, 0.717) is 12.5 Å². The van der Waals surface area contributed by atoms with E-state index in [1.54, 1.807) is 14.0 Å². The number of aliphatic carboxylic acids is 1. The van der Waals surface area contributed by atoms with Gasteiger partial charge < -0.3 is 20.2 Å². The van der Waals surface area contributed by atoms with Gasteiger partial charge in [-0.3, -0.25) is 4.79 Å². The number of carboxylic acid groups (broad SMARTS) is 1. The SMILES string of the molecule is CNC(C)(CC(C)N(C)CC1CCCN1C)C(=O)O. The van der Waals surface area contributed by atoms with Crippen LogP contribution in [-0.4, -0.2) is 72.7 Å². The van der Waals surface area contributed by atoms with Crippen molar-refractivity contribution < 1.29 is 9.90 Å². The molecule has 0 aromatic rings. The van der Waals surface area contributed by atoms with E-state index in [1.165, 1.54) is 19.4 Å². The minimum atomic E-state index is -0.852. The number of carbonyl (C=O) groups is 1. The van der Waals surface area contributed by atoms with Gasteiger partial charge in [-0.25, -0.2) is 0 Å². The first-order valence-corrected chi connectivity index (χ1v) is 7.13. The van der Waals surface area contributed by atoms with Crippen LogP contribution in [0.5, 0.6) is 0 Å². The summed E-state index contributed by atoms with van der Waals surface area (Å²) in [4.78, 5) is 16.0. The zero-order chi connectivity index (χ0) is 14.6. The predicted octanol–water partition coefficient (Wildman–Crippen LogP) is 0.854. The number of likely N-dealkylation sites (tertiary alicyclic amines) is 1. The molecule has 1 saturated heterocycles. The molecule has 0 saturated carbocycles. The third-order valence-corrected chi connectivity index (χ3v) is 4.65. The Bertz CT molecular complexity index is 311. The summed E-state index contributed by atoms with van der Waals surface area (Å²) >= 11 is 0. The van der Waals surface area contributed by atoms with Gasteiger partial charge in [0.15, 0.2) is 0 Å². The van der Waals surface area contributed by atoms with E-state index in [2.05, 4.69) is 36.1 Å². The molecule has 1 aliphatic rings. The highest BCUT2D eigenvalue weighted by molar-refractivity contribution is 5.78. The minimum Gasteiger partial charge on any atom is -0.480 e. The van der Waals surface area contributed by atoms with Crippen LogP contribution in [0.15, 0.2) is 0 Å². The average Bonchev–Trinajstić information content (AvgIpc) is 2.74. The van der Waals surface area contributed by atoms with Gasteiger partial charge in [0.05, 0.1) is 0 Å². The summed E-state index contributed by atoms with van der Waals surface area (Å²) in [6, 6.07) is 0.848. The molecule has 5 nitrogen and oxygen atoms in total. The second-order valence-electron chi connectivity index (χ2n) is 6.16. The molecule has 5 heteroatoms. The summed E-state index contributed by atoms with van der Waals surface area (Å²) in [5.74, 6) is -0.784. The van der Waals surface area contributed by atoms with E-state index in [9.17, 15) is 9.90 Å². The molecule has 1 rings (SSSR count). The number of hydrogen-bond acceptors (Lipinski definition) is 4. The van der Waals surface area contributed by atoms with Gasteiger partial charge >= 0.3 is 5.97 Å². The average molecular weight is 271 g/mol. The summed E-state index contributed by atoms with van der Waals surface area (Å²) < 4.78 is 0. The van der Waals surface area contributed by atoms with Gasteiger partial charge in [-0.05, 0) is 60.8 Å². The lowest BCUT2D eigenvalue weighted by Crippen LogP contribution is -2.52. The number of carboxylic acids is 1. The lowest BCUT2D eigenvalue weighted by atomic mass is 9.93. The van der Waals surface area contributed by atoms with Gasteiger partial charge in [0, 0.05) is 18.6 Å². The van der Waals surface area contributed by atoms with Crippen molar-refractivity contribution in [1.29, 1.82) is 0 Å². The minimum absolute atomic E-state index is 0.238. The van der Waals surface area contributed by atoms with E-state index >= 15 is 0 Å². The zero-order valence-corrected chi connectivity index (χ0v) is 12.9. The van der Waals surface area contributed by atoms with Gasteiger partial charge in [-0.2, -0.15) is 0 Å². The molecule has 0 amide bonds. The van der Waals surface area contributed by atoms with E-state index in [1.807, 2.05) is 0 Å². The molecule has 0 aromatic heterocycles. The Kier molecular flexibility index (Phi) is 5.77. The maximum Gasteiger partial charge on any atom is 0.323 e. The highest BCUT2D eigenvalue weighted by Crippen LogP contribution is 2.19. The van der Waals surface area contributed by atoms with Gasteiger partial charge in [-0.15, -0.1) is 0 Å². The summed E-state index contributed by atoms with van der Waals surface area (Å²) in [5, 5.41) is 12.2. The molecule has 19 heavy (non-hydrogen) atoms. The number of nitrogens with one attached hydrogen (secondary N) is 1. The van der Waals surface area contributed by atoms with Crippen molar-refractivity contribution in [2.45, 2.75) is 50.7 Å². The molecule has 0 aromatic carbocycles. The van der Waals surface area contributed by atoms with Crippen molar-refractivity contribution in [2.75, 3.05) is 34.2 Å². The fourth-order valence-corrected chi connectivity index (χ4v) is 2.77. The van der Waals surface area contributed by atoms with Crippen LogP contribution in [0.4, 0.5) is 0 Å². The van der Waals surface area contributed by atoms with Gasteiger partial charge in [0.2, 0.25) is 0 Å². The number of nitrogens with zero attached hydrogens (tertiary/aromatic N) is 2. The van der Waals surface area contributed by atoms with E-state index in [-0.39, 0.29) is 6.04 Å². The summed E-state index contributed by atoms with van der Waals surface area (Å²) in [6.07, 6.45) is 3.12. The largest absolute Gasteiger partial charge is 0.480 e. The summed E-state index contributed by atoms with van der Waals surface area (Å²) in [6.45, 7) is 6.04. The number of hydrogen-bond donors (Lipinski definition) is 2. The van der Waals surface area contributed by atoms with Crippen LogP contribution in [0.25, 0.3) is 0 Å². The predicted molar refractivity (Wildman–Crippen MR) is 77.5 cm³/mol. The van der Waals surface area contributed by atoms with Crippen LogP contribution < -0.4 is 5.32 Å². The maximum atomic E-state index is 11.3. The smallest absolute Gasteiger partial charge is 0.323 e. The van der Waals surface area contributed by atoms with Crippen molar-refractivity contribution in [3.8, 4) is 0 Å². The van der Waals surface area contributed by atoms with Gasteiger partial charge in [-0.1, -0.05) is 0 Å². The summed E-state index contributed by atoms with van der Waals surface area (Å²) in [5.41, 5.74) is -0.852. The Labute approximate surface area is 117 Å². The van der Waals surface area contributed by atoms with Crippen LogP contribution >= 0.6 is 0 Å². The molecule has 3 unspecified atom stereocenters. The van der Waals surface area contributed by atoms with E-state index in [0.717, 1.165) is 6.54 Å². The standard InChI is InChI=1S/C14H29N3O2/c1-11(9-14(2,15-3)13(18)19)17(5)10-12-7-6-8-16(12)4/h11-12,15H,6-10H2,1-5H3,(H,18,19). The zero-order valence-electron chi connectivity index (χ0n) is 12.9. The highest BCUT2D eigenvalue weighted by atomic mass is 16.4. The molecular weight excluding hydrogens is 242 g/mol. The second-order valence-corrected chi connectivity index (χ2v) is 6.16. The lowest BCUT2D eigenvalue weighted by molar-refractivity contribution is -0.144. The van der Waals surface area contributed by atoms with Crippen molar-refractivity contribution in [2.24, 2.45) is 0 Å².